The molecule has 0 spiro atoms. The summed E-state index contributed by atoms with van der Waals surface area (Å²) in [5.74, 6) is 0.587. The Morgan fingerprint density at radius 2 is 1.52 bits per heavy atom. The summed E-state index contributed by atoms with van der Waals surface area (Å²) in [4.78, 5) is 4.17. The van der Waals surface area contributed by atoms with Crippen molar-refractivity contribution in [3.8, 4) is 0 Å². The maximum absolute atomic E-state index is 2.60. The standard InChI is InChI=1S/C45H46BNS/c1-30-20-22-38-40(26-30)47(35-18-12-11-17-33(27-35)32-15-8-7-9-16-32)41-28-34(36-19-13-10-14-31(36)2)21-23-39(41)46(38)42-29-37-43(48-42)45(5,6)25-24-44(37,3)4/h7-18,20-23,26-29,33,36H,19,24-25H2,1-6H3. The fourth-order valence-electron chi connectivity index (χ4n) is 8.42. The Hall–Kier alpha value is -4.08. The highest BCUT2D eigenvalue weighted by Crippen LogP contribution is 2.48. The summed E-state index contributed by atoms with van der Waals surface area (Å²) in [7, 11) is 0. The molecule has 48 heavy (non-hydrogen) atoms. The predicted molar refractivity (Wildman–Crippen MR) is 210 cm³/mol. The molecule has 0 fully saturated rings. The maximum atomic E-state index is 2.60. The van der Waals surface area contributed by atoms with Gasteiger partial charge in [-0.25, -0.2) is 0 Å². The Balaban J connectivity index is 1.36. The molecule has 3 aromatic carbocycles. The molecule has 0 amide bonds. The maximum Gasteiger partial charge on any atom is 0.259 e. The lowest BCUT2D eigenvalue weighted by atomic mass is 9.37. The van der Waals surface area contributed by atoms with Crippen molar-refractivity contribution in [1.82, 2.24) is 0 Å². The van der Waals surface area contributed by atoms with Crippen LogP contribution in [0, 0.1) is 6.92 Å². The third-order valence-electron chi connectivity index (χ3n) is 11.4. The topological polar surface area (TPSA) is 3.24 Å². The molecule has 3 heteroatoms. The van der Waals surface area contributed by atoms with E-state index in [1.165, 1.54) is 67.9 Å². The molecule has 0 N–H and O–H groups in total. The van der Waals surface area contributed by atoms with Gasteiger partial charge in [-0.3, -0.25) is 0 Å². The minimum atomic E-state index is 0.185. The van der Waals surface area contributed by atoms with Crippen LogP contribution in [0.2, 0.25) is 0 Å². The summed E-state index contributed by atoms with van der Waals surface area (Å²) in [6.07, 6.45) is 21.9. The Kier molecular flexibility index (Phi) is 7.68. The van der Waals surface area contributed by atoms with Crippen LogP contribution < -0.4 is 20.6 Å². The molecule has 1 aliphatic heterocycles. The fourth-order valence-corrected chi connectivity index (χ4v) is 10.0. The van der Waals surface area contributed by atoms with Gasteiger partial charge in [0.15, 0.2) is 0 Å². The molecule has 2 atom stereocenters. The van der Waals surface area contributed by atoms with E-state index in [1.807, 2.05) is 0 Å². The van der Waals surface area contributed by atoms with Crippen molar-refractivity contribution >= 4 is 45.1 Å². The molecule has 0 saturated heterocycles. The van der Waals surface area contributed by atoms with Crippen LogP contribution in [0.25, 0.3) is 0 Å². The Labute approximate surface area is 292 Å². The third kappa shape index (κ3) is 5.32. The number of rotatable bonds is 4. The molecule has 0 saturated carbocycles. The van der Waals surface area contributed by atoms with Gasteiger partial charge in [0.2, 0.25) is 0 Å². The number of anilines is 2. The van der Waals surface area contributed by atoms with Crippen LogP contribution in [0.1, 0.15) is 92.8 Å². The Bertz CT molecular complexity index is 2020. The summed E-state index contributed by atoms with van der Waals surface area (Å²) < 4.78 is 1.48. The average Bonchev–Trinajstić information content (AvgIpc) is 3.42. The van der Waals surface area contributed by atoms with E-state index in [0.717, 1.165) is 6.42 Å². The molecule has 1 aromatic heterocycles. The number of nitrogens with zero attached hydrogens (tertiary/aromatic N) is 1. The molecule has 1 nitrogen and oxygen atoms in total. The summed E-state index contributed by atoms with van der Waals surface area (Å²) in [6.45, 7) is 14.5. The molecular weight excluding hydrogens is 597 g/mol. The molecule has 0 radical (unpaired) electrons. The highest BCUT2D eigenvalue weighted by molar-refractivity contribution is 7.28. The zero-order valence-electron chi connectivity index (χ0n) is 29.3. The van der Waals surface area contributed by atoms with Crippen LogP contribution in [-0.4, -0.2) is 6.71 Å². The number of hydrogen-bond donors (Lipinski definition) is 0. The van der Waals surface area contributed by atoms with Gasteiger partial charge in [-0.15, -0.1) is 0 Å². The summed E-state index contributed by atoms with van der Waals surface area (Å²) in [5, 5.41) is 0. The highest BCUT2D eigenvalue weighted by Gasteiger charge is 2.43. The lowest BCUT2D eigenvalue weighted by Gasteiger charge is -2.39. The molecular formula is C45H46BNS. The van der Waals surface area contributed by atoms with Crippen LogP contribution in [0.3, 0.4) is 0 Å². The summed E-state index contributed by atoms with van der Waals surface area (Å²) in [5.41, 5.74) is 14.0. The van der Waals surface area contributed by atoms with Gasteiger partial charge in [-0.2, -0.15) is 11.3 Å². The number of fused-ring (bicyclic) bond motifs is 3. The lowest BCUT2D eigenvalue weighted by molar-refractivity contribution is 0.339. The van der Waals surface area contributed by atoms with Gasteiger partial charge in [0.05, 0.1) is 0 Å². The van der Waals surface area contributed by atoms with Crippen LogP contribution in [0.5, 0.6) is 0 Å². The fraction of sp³-hybridized carbons (Fsp3) is 0.289. The van der Waals surface area contributed by atoms with Gasteiger partial charge in [0, 0.05) is 33.8 Å². The SMILES string of the molecule is CC1=CC=CCC1c1ccc2c(c1)N(C1=CC(c3ccccc3)C=CC=C1)c1cc(C)ccc1B2c1cc2c(s1)C(C)(C)CCC2(C)C. The largest absolute Gasteiger partial charge is 0.312 e. The molecule has 2 heterocycles. The summed E-state index contributed by atoms with van der Waals surface area (Å²) in [6, 6.07) is 28.1. The normalized spacial score (nSPS) is 22.0. The molecule has 4 aliphatic rings. The second-order valence-corrected chi connectivity index (χ2v) is 16.8. The van der Waals surface area contributed by atoms with E-state index in [-0.39, 0.29) is 23.5 Å². The van der Waals surface area contributed by atoms with Crippen LogP contribution >= 0.6 is 11.3 Å². The van der Waals surface area contributed by atoms with Gasteiger partial charge in [-0.1, -0.05) is 130 Å². The number of benzene rings is 3. The van der Waals surface area contributed by atoms with Crippen LogP contribution in [0.4, 0.5) is 11.4 Å². The zero-order valence-corrected chi connectivity index (χ0v) is 30.1. The smallest absolute Gasteiger partial charge is 0.259 e. The first kappa shape index (κ1) is 31.2. The van der Waals surface area contributed by atoms with Crippen molar-refractivity contribution in [2.24, 2.45) is 0 Å². The number of hydrogen-bond acceptors (Lipinski definition) is 2. The number of aryl methyl sites for hydroxylation is 1. The molecule has 8 rings (SSSR count). The van der Waals surface area contributed by atoms with Crippen molar-refractivity contribution in [2.75, 3.05) is 4.90 Å². The molecule has 2 unspecified atom stereocenters. The van der Waals surface area contributed by atoms with Crippen molar-refractivity contribution < 1.29 is 0 Å². The second kappa shape index (κ2) is 11.8. The van der Waals surface area contributed by atoms with E-state index in [4.69, 9.17) is 0 Å². The lowest BCUT2D eigenvalue weighted by Crippen LogP contribution is -2.57. The molecule has 4 aromatic rings. The van der Waals surface area contributed by atoms with Gasteiger partial charge in [-0.05, 0) is 106 Å². The minimum Gasteiger partial charge on any atom is -0.312 e. The van der Waals surface area contributed by atoms with Crippen LogP contribution in [0.15, 0.2) is 133 Å². The minimum absolute atomic E-state index is 0.185. The van der Waals surface area contributed by atoms with E-state index in [9.17, 15) is 0 Å². The van der Waals surface area contributed by atoms with Gasteiger partial charge < -0.3 is 4.90 Å². The van der Waals surface area contributed by atoms with E-state index in [1.54, 1.807) is 10.4 Å². The van der Waals surface area contributed by atoms with E-state index in [0.29, 0.717) is 5.92 Å². The summed E-state index contributed by atoms with van der Waals surface area (Å²) >= 11 is 2.08. The van der Waals surface area contributed by atoms with Gasteiger partial charge in [0.25, 0.3) is 6.71 Å². The van der Waals surface area contributed by atoms with Crippen molar-refractivity contribution in [1.29, 1.82) is 0 Å². The Morgan fingerprint density at radius 1 is 0.771 bits per heavy atom. The zero-order chi connectivity index (χ0) is 33.2. The van der Waals surface area contributed by atoms with Crippen molar-refractivity contribution in [3.63, 3.8) is 0 Å². The first-order valence-corrected chi connectivity index (χ1v) is 18.6. The van der Waals surface area contributed by atoms with E-state index < -0.39 is 0 Å². The number of thiophene rings is 1. The van der Waals surface area contributed by atoms with Crippen LogP contribution in [-0.2, 0) is 10.8 Å². The highest BCUT2D eigenvalue weighted by atomic mass is 32.1. The Morgan fingerprint density at radius 3 is 2.29 bits per heavy atom. The first-order valence-electron chi connectivity index (χ1n) is 17.7. The van der Waals surface area contributed by atoms with Gasteiger partial charge >= 0.3 is 0 Å². The molecule has 3 aliphatic carbocycles. The monoisotopic (exact) mass is 643 g/mol. The van der Waals surface area contributed by atoms with E-state index in [2.05, 4.69) is 179 Å². The average molecular weight is 644 g/mol. The van der Waals surface area contributed by atoms with Gasteiger partial charge in [0.1, 0.15) is 0 Å². The van der Waals surface area contributed by atoms with E-state index >= 15 is 0 Å². The number of allylic oxidation sites excluding steroid dienone is 9. The molecule has 0 bridgehead atoms. The second-order valence-electron chi connectivity index (χ2n) is 15.7. The quantitative estimate of drug-likeness (QED) is 0.200. The predicted octanol–water partition coefficient (Wildman–Crippen LogP) is 10.2. The molecule has 240 valence electrons. The van der Waals surface area contributed by atoms with Crippen molar-refractivity contribution in [3.05, 3.63) is 160 Å². The first-order chi connectivity index (χ1) is 23.1. The third-order valence-corrected chi connectivity index (χ3v) is 13.0. The van der Waals surface area contributed by atoms with Crippen molar-refractivity contribution in [2.45, 2.75) is 83.5 Å².